The molecule has 1 unspecified atom stereocenters. The fourth-order valence-corrected chi connectivity index (χ4v) is 3.50. The second kappa shape index (κ2) is 6.51. The van der Waals surface area contributed by atoms with E-state index in [-0.39, 0.29) is 23.0 Å². The number of nitrogens with one attached hydrogen (secondary N) is 1. The average molecular weight is 397 g/mol. The maximum Gasteiger partial charge on any atom is 0.240 e. The summed E-state index contributed by atoms with van der Waals surface area (Å²) in [5, 5.41) is 9.07. The van der Waals surface area contributed by atoms with E-state index in [0.717, 1.165) is 3.57 Å². The Kier molecular flexibility index (Phi) is 5.78. The van der Waals surface area contributed by atoms with Gasteiger partial charge in [0.15, 0.2) is 0 Å². The molecule has 0 heterocycles. The van der Waals surface area contributed by atoms with Crippen molar-refractivity contribution in [3.8, 4) is 0 Å². The molecule has 0 saturated heterocycles. The Morgan fingerprint density at radius 2 is 1.79 bits per heavy atom. The van der Waals surface area contributed by atoms with Gasteiger partial charge in [-0.1, -0.05) is 20.8 Å². The van der Waals surface area contributed by atoms with Crippen LogP contribution < -0.4 is 4.72 Å². The highest BCUT2D eigenvalue weighted by atomic mass is 127. The molecule has 1 aromatic carbocycles. The lowest BCUT2D eigenvalue weighted by Gasteiger charge is -2.30. The van der Waals surface area contributed by atoms with Gasteiger partial charge in [0.1, 0.15) is 0 Å². The van der Waals surface area contributed by atoms with Crippen molar-refractivity contribution in [1.82, 2.24) is 4.72 Å². The van der Waals surface area contributed by atoms with E-state index in [4.69, 9.17) is 5.11 Å². The van der Waals surface area contributed by atoms with Gasteiger partial charge in [-0.15, -0.1) is 0 Å². The van der Waals surface area contributed by atoms with Crippen LogP contribution in [0.2, 0.25) is 0 Å². The number of rotatable bonds is 5. The normalized spacial score (nSPS) is 14.4. The first-order valence-electron chi connectivity index (χ1n) is 6.05. The summed E-state index contributed by atoms with van der Waals surface area (Å²) in [5.41, 5.74) is -0.251. The molecule has 1 rings (SSSR count). The second-order valence-electron chi connectivity index (χ2n) is 5.51. The zero-order chi connectivity index (χ0) is 14.7. The Hall–Kier alpha value is -0.180. The standard InChI is InChI=1S/C13H20INO3S/c1-13(2,3)12(8-9-16)15-19(17,18)11-6-4-10(14)5-7-11/h4-7,12,15-16H,8-9H2,1-3H3. The summed E-state index contributed by atoms with van der Waals surface area (Å²) in [4.78, 5) is 0.250. The molecule has 0 aromatic heterocycles. The zero-order valence-electron chi connectivity index (χ0n) is 11.4. The van der Waals surface area contributed by atoms with E-state index in [0.29, 0.717) is 6.42 Å². The Morgan fingerprint density at radius 1 is 1.26 bits per heavy atom. The van der Waals surface area contributed by atoms with Crippen molar-refractivity contribution in [2.24, 2.45) is 5.41 Å². The van der Waals surface area contributed by atoms with Gasteiger partial charge in [-0.25, -0.2) is 13.1 Å². The Bertz CT molecular complexity index is 506. The maximum atomic E-state index is 12.3. The van der Waals surface area contributed by atoms with Gasteiger partial charge < -0.3 is 5.11 Å². The summed E-state index contributed by atoms with van der Waals surface area (Å²) in [6.45, 7) is 5.80. The molecule has 0 aliphatic heterocycles. The SMILES string of the molecule is CC(C)(C)C(CCO)NS(=O)(=O)c1ccc(I)cc1. The largest absolute Gasteiger partial charge is 0.396 e. The minimum absolute atomic E-state index is 0.0445. The van der Waals surface area contributed by atoms with Gasteiger partial charge in [-0.2, -0.15) is 0 Å². The van der Waals surface area contributed by atoms with Crippen LogP contribution in [-0.4, -0.2) is 26.2 Å². The molecule has 1 aromatic rings. The van der Waals surface area contributed by atoms with E-state index in [1.807, 2.05) is 20.8 Å². The molecule has 19 heavy (non-hydrogen) atoms. The van der Waals surface area contributed by atoms with Crippen LogP contribution in [0.1, 0.15) is 27.2 Å². The third-order valence-corrected chi connectivity index (χ3v) is 5.09. The van der Waals surface area contributed by atoms with Gasteiger partial charge in [0.2, 0.25) is 10.0 Å². The molecule has 0 spiro atoms. The van der Waals surface area contributed by atoms with Crippen LogP contribution in [0.5, 0.6) is 0 Å². The van der Waals surface area contributed by atoms with Crippen LogP contribution in [0.4, 0.5) is 0 Å². The monoisotopic (exact) mass is 397 g/mol. The first-order valence-corrected chi connectivity index (χ1v) is 8.62. The summed E-state index contributed by atoms with van der Waals surface area (Å²) < 4.78 is 28.2. The molecule has 0 radical (unpaired) electrons. The van der Waals surface area contributed by atoms with Crippen molar-refractivity contribution in [2.45, 2.75) is 38.1 Å². The molecule has 0 fully saturated rings. The highest BCUT2D eigenvalue weighted by Crippen LogP contribution is 2.24. The molecule has 0 amide bonds. The fraction of sp³-hybridized carbons (Fsp3) is 0.538. The van der Waals surface area contributed by atoms with E-state index in [1.165, 1.54) is 0 Å². The van der Waals surface area contributed by atoms with E-state index in [1.54, 1.807) is 24.3 Å². The molecular weight excluding hydrogens is 377 g/mol. The molecule has 0 aliphatic rings. The third kappa shape index (κ3) is 5.02. The minimum atomic E-state index is -3.55. The number of hydrogen-bond acceptors (Lipinski definition) is 3. The number of benzene rings is 1. The van der Waals surface area contributed by atoms with Crippen LogP contribution in [0.3, 0.4) is 0 Å². The first-order chi connectivity index (χ1) is 8.66. The van der Waals surface area contributed by atoms with Crippen molar-refractivity contribution in [3.63, 3.8) is 0 Å². The second-order valence-corrected chi connectivity index (χ2v) is 8.47. The molecule has 0 saturated carbocycles. The van der Waals surface area contributed by atoms with Crippen molar-refractivity contribution in [2.75, 3.05) is 6.61 Å². The van der Waals surface area contributed by atoms with Crippen LogP contribution in [-0.2, 0) is 10.0 Å². The van der Waals surface area contributed by atoms with Crippen LogP contribution in [0.15, 0.2) is 29.2 Å². The molecule has 108 valence electrons. The smallest absolute Gasteiger partial charge is 0.240 e. The summed E-state index contributed by atoms with van der Waals surface area (Å²) in [6, 6.07) is 6.38. The molecular formula is C13H20INO3S. The topological polar surface area (TPSA) is 66.4 Å². The minimum Gasteiger partial charge on any atom is -0.396 e. The summed E-state index contributed by atoms with van der Waals surface area (Å²) in [7, 11) is -3.55. The van der Waals surface area contributed by atoms with Gasteiger partial charge in [-0.3, -0.25) is 0 Å². The average Bonchev–Trinajstić information content (AvgIpc) is 2.27. The quantitative estimate of drug-likeness (QED) is 0.750. The number of aliphatic hydroxyl groups excluding tert-OH is 1. The number of aliphatic hydroxyl groups is 1. The molecule has 0 aliphatic carbocycles. The van der Waals surface area contributed by atoms with E-state index in [9.17, 15) is 8.42 Å². The molecule has 4 nitrogen and oxygen atoms in total. The van der Waals surface area contributed by atoms with Crippen molar-refractivity contribution < 1.29 is 13.5 Å². The molecule has 0 bridgehead atoms. The van der Waals surface area contributed by atoms with E-state index in [2.05, 4.69) is 27.3 Å². The van der Waals surface area contributed by atoms with Gasteiger partial charge in [0.25, 0.3) is 0 Å². The lowest BCUT2D eigenvalue weighted by molar-refractivity contribution is 0.214. The van der Waals surface area contributed by atoms with Crippen molar-refractivity contribution >= 4 is 32.6 Å². The van der Waals surface area contributed by atoms with E-state index < -0.39 is 10.0 Å². The van der Waals surface area contributed by atoms with Crippen molar-refractivity contribution in [1.29, 1.82) is 0 Å². The summed E-state index contributed by atoms with van der Waals surface area (Å²) >= 11 is 2.13. The number of hydrogen-bond donors (Lipinski definition) is 2. The van der Waals surface area contributed by atoms with E-state index >= 15 is 0 Å². The lowest BCUT2D eigenvalue weighted by Crippen LogP contribution is -2.44. The van der Waals surface area contributed by atoms with Gasteiger partial charge in [0.05, 0.1) is 4.90 Å². The number of sulfonamides is 1. The highest BCUT2D eigenvalue weighted by Gasteiger charge is 2.29. The third-order valence-electron chi connectivity index (χ3n) is 2.88. The zero-order valence-corrected chi connectivity index (χ0v) is 14.3. The van der Waals surface area contributed by atoms with Crippen molar-refractivity contribution in [3.05, 3.63) is 27.8 Å². The Balaban J connectivity index is 2.97. The predicted molar refractivity (Wildman–Crippen MR) is 84.4 cm³/mol. The first kappa shape index (κ1) is 16.9. The summed E-state index contributed by atoms with van der Waals surface area (Å²) in [6.07, 6.45) is 0.396. The van der Waals surface area contributed by atoms with Crippen LogP contribution >= 0.6 is 22.6 Å². The maximum absolute atomic E-state index is 12.3. The van der Waals surface area contributed by atoms with Crippen LogP contribution in [0, 0.1) is 8.99 Å². The highest BCUT2D eigenvalue weighted by molar-refractivity contribution is 14.1. The molecule has 6 heteroatoms. The summed E-state index contributed by atoms with van der Waals surface area (Å²) in [5.74, 6) is 0. The number of halogens is 1. The van der Waals surface area contributed by atoms with Crippen LogP contribution in [0.25, 0.3) is 0 Å². The van der Waals surface area contributed by atoms with Gasteiger partial charge in [0, 0.05) is 16.2 Å². The Morgan fingerprint density at radius 3 is 2.21 bits per heavy atom. The lowest BCUT2D eigenvalue weighted by atomic mass is 9.86. The fourth-order valence-electron chi connectivity index (χ4n) is 1.67. The Labute approximate surface area is 128 Å². The van der Waals surface area contributed by atoms with Gasteiger partial charge in [-0.05, 0) is 58.7 Å². The predicted octanol–water partition coefficient (Wildman–Crippen LogP) is 2.37. The molecule has 2 N–H and O–H groups in total. The van der Waals surface area contributed by atoms with Gasteiger partial charge >= 0.3 is 0 Å². The molecule has 1 atom stereocenters.